The maximum absolute atomic E-state index is 9.81. The minimum atomic E-state index is 0.833. The summed E-state index contributed by atoms with van der Waals surface area (Å²) >= 11 is 0. The van der Waals surface area contributed by atoms with Crippen LogP contribution >= 0.6 is 0 Å². The lowest BCUT2D eigenvalue weighted by Gasteiger charge is -1.94. The van der Waals surface area contributed by atoms with Crippen molar-refractivity contribution in [1.29, 1.82) is 0 Å². The molecule has 2 nitrogen and oxygen atoms in total. The van der Waals surface area contributed by atoms with E-state index in [2.05, 4.69) is 6.92 Å². The average molecular weight is 143 g/mol. The maximum atomic E-state index is 9.81. The van der Waals surface area contributed by atoms with Crippen molar-refractivity contribution in [3.8, 4) is 0 Å². The van der Waals surface area contributed by atoms with Gasteiger partial charge in [0.15, 0.2) is 0 Å². The van der Waals surface area contributed by atoms with E-state index in [4.69, 9.17) is 0 Å². The molecule has 0 aromatic rings. The summed E-state index contributed by atoms with van der Waals surface area (Å²) in [6.45, 7) is 2.20. The first-order valence-electron chi connectivity index (χ1n) is 4.02. The molecule has 0 heterocycles. The number of hydrogen-bond acceptors (Lipinski definition) is 1. The molecule has 0 unspecified atom stereocenters. The Balaban J connectivity index is 2.83. The molecule has 0 aromatic carbocycles. The summed E-state index contributed by atoms with van der Waals surface area (Å²) < 4.78 is 0. The summed E-state index contributed by atoms with van der Waals surface area (Å²) in [5.74, 6) is 0. The van der Waals surface area contributed by atoms with E-state index in [1.165, 1.54) is 25.7 Å². The minimum absolute atomic E-state index is 0.833. The van der Waals surface area contributed by atoms with E-state index in [1.54, 1.807) is 6.20 Å². The molecule has 10 heavy (non-hydrogen) atoms. The largest absolute Gasteiger partial charge is 0.631 e. The molecule has 0 aliphatic heterocycles. The summed E-state index contributed by atoms with van der Waals surface area (Å²) in [5, 5.41) is 9.81. The highest BCUT2D eigenvalue weighted by Gasteiger charge is 1.83. The topological polar surface area (TPSA) is 39.7 Å². The molecule has 0 bridgehead atoms. The van der Waals surface area contributed by atoms with Gasteiger partial charge in [0, 0.05) is 0 Å². The van der Waals surface area contributed by atoms with Crippen LogP contribution in [0.4, 0.5) is 0 Å². The predicted molar refractivity (Wildman–Crippen MR) is 43.2 cm³/mol. The number of hydrogen-bond donors (Lipinski definition) is 1. The Bertz CT molecular complexity index is 81.3. The van der Waals surface area contributed by atoms with Gasteiger partial charge in [-0.2, -0.15) is 0 Å². The van der Waals surface area contributed by atoms with Gasteiger partial charge in [-0.05, 0) is 18.9 Å². The molecular formula is C8H17NO. The second-order valence-electron chi connectivity index (χ2n) is 2.41. The fourth-order valence-electron chi connectivity index (χ4n) is 0.841. The Kier molecular flexibility index (Phi) is 8.37. The molecule has 0 spiro atoms. The molecule has 2 N–H and O–H groups in total. The predicted octanol–water partition coefficient (Wildman–Crippen LogP) is 1.53. The van der Waals surface area contributed by atoms with Gasteiger partial charge in [-0.1, -0.05) is 26.2 Å². The van der Waals surface area contributed by atoms with Crippen molar-refractivity contribution in [2.75, 3.05) is 0 Å². The van der Waals surface area contributed by atoms with Crippen LogP contribution in [-0.4, -0.2) is 0 Å². The number of quaternary nitrogens is 1. The number of rotatable bonds is 6. The van der Waals surface area contributed by atoms with E-state index in [0.29, 0.717) is 0 Å². The fraction of sp³-hybridized carbons (Fsp3) is 0.750. The van der Waals surface area contributed by atoms with Crippen molar-refractivity contribution < 1.29 is 5.48 Å². The van der Waals surface area contributed by atoms with E-state index in [9.17, 15) is 5.21 Å². The van der Waals surface area contributed by atoms with Crippen LogP contribution in [0.2, 0.25) is 0 Å². The van der Waals surface area contributed by atoms with Crippen LogP contribution in [0.5, 0.6) is 0 Å². The quantitative estimate of drug-likeness (QED) is 0.444. The number of unbranched alkanes of at least 4 members (excludes halogenated alkanes) is 4. The number of nitrogens with two attached hydrogens (primary N) is 1. The third kappa shape index (κ3) is 7.66. The SMILES string of the molecule is CCCCCCC=C[NH2+][O-]. The third-order valence-corrected chi connectivity index (χ3v) is 1.44. The van der Waals surface area contributed by atoms with Crippen molar-refractivity contribution in [3.05, 3.63) is 17.5 Å². The van der Waals surface area contributed by atoms with Gasteiger partial charge in [-0.15, -0.1) is 0 Å². The molecule has 0 atom stereocenters. The maximum Gasteiger partial charge on any atom is 0.0885 e. The van der Waals surface area contributed by atoms with Crippen molar-refractivity contribution >= 4 is 0 Å². The smallest absolute Gasteiger partial charge is 0.0885 e. The summed E-state index contributed by atoms with van der Waals surface area (Å²) in [7, 11) is 0. The van der Waals surface area contributed by atoms with Crippen molar-refractivity contribution in [2.45, 2.75) is 39.0 Å². The molecule has 0 rings (SSSR count). The highest BCUT2D eigenvalue weighted by Crippen LogP contribution is 2.01. The van der Waals surface area contributed by atoms with Gasteiger partial charge in [-0.25, -0.2) is 0 Å². The molecule has 0 aliphatic rings. The first-order valence-corrected chi connectivity index (χ1v) is 4.02. The van der Waals surface area contributed by atoms with Gasteiger partial charge in [0.25, 0.3) is 0 Å². The number of hydroxylamine groups is 1. The standard InChI is InChI=1S/C8H17NO/c1-2-3-4-5-6-7-8-9-10/h7-8H,2-6,9H2,1H3. The second-order valence-corrected chi connectivity index (χ2v) is 2.41. The van der Waals surface area contributed by atoms with Crippen LogP contribution < -0.4 is 5.48 Å². The van der Waals surface area contributed by atoms with E-state index < -0.39 is 0 Å². The molecule has 0 amide bonds. The average Bonchev–Trinajstić information content (AvgIpc) is 1.97. The third-order valence-electron chi connectivity index (χ3n) is 1.44. The summed E-state index contributed by atoms with van der Waals surface area (Å²) in [6.07, 6.45) is 9.66. The Labute approximate surface area is 62.9 Å². The first kappa shape index (κ1) is 9.66. The van der Waals surface area contributed by atoms with Gasteiger partial charge in [0.1, 0.15) is 0 Å². The summed E-state index contributed by atoms with van der Waals surface area (Å²) in [4.78, 5) is 0. The van der Waals surface area contributed by atoms with Crippen molar-refractivity contribution in [1.82, 2.24) is 0 Å². The molecule has 0 radical (unpaired) electrons. The minimum Gasteiger partial charge on any atom is -0.631 e. The molecule has 0 fully saturated rings. The Hall–Kier alpha value is -0.340. The van der Waals surface area contributed by atoms with Crippen LogP contribution in [0, 0.1) is 5.21 Å². The van der Waals surface area contributed by atoms with Gasteiger partial charge in [0.05, 0.1) is 6.20 Å². The normalized spacial score (nSPS) is 11.0. The fourth-order valence-corrected chi connectivity index (χ4v) is 0.841. The van der Waals surface area contributed by atoms with Gasteiger partial charge >= 0.3 is 0 Å². The molecule has 0 saturated carbocycles. The molecule has 0 aliphatic carbocycles. The van der Waals surface area contributed by atoms with Gasteiger partial charge in [0.2, 0.25) is 0 Å². The van der Waals surface area contributed by atoms with E-state index in [1.807, 2.05) is 6.08 Å². The van der Waals surface area contributed by atoms with E-state index in [0.717, 1.165) is 11.9 Å². The molecule has 2 heteroatoms. The highest BCUT2D eigenvalue weighted by molar-refractivity contribution is 4.70. The molecule has 0 saturated heterocycles. The van der Waals surface area contributed by atoms with Crippen molar-refractivity contribution in [3.63, 3.8) is 0 Å². The highest BCUT2D eigenvalue weighted by atomic mass is 16.5. The van der Waals surface area contributed by atoms with Crippen LogP contribution in [0.25, 0.3) is 0 Å². The lowest BCUT2D eigenvalue weighted by Crippen LogP contribution is -2.69. The number of allylic oxidation sites excluding steroid dienone is 1. The lowest BCUT2D eigenvalue weighted by atomic mass is 10.1. The van der Waals surface area contributed by atoms with Crippen LogP contribution in [0.1, 0.15) is 39.0 Å². The van der Waals surface area contributed by atoms with Crippen LogP contribution in [0.15, 0.2) is 12.3 Å². The summed E-state index contributed by atoms with van der Waals surface area (Å²) in [6, 6.07) is 0. The van der Waals surface area contributed by atoms with Crippen molar-refractivity contribution in [2.24, 2.45) is 0 Å². The Morgan fingerprint density at radius 2 is 2.10 bits per heavy atom. The Morgan fingerprint density at radius 1 is 1.30 bits per heavy atom. The van der Waals surface area contributed by atoms with E-state index >= 15 is 0 Å². The zero-order valence-corrected chi connectivity index (χ0v) is 6.68. The van der Waals surface area contributed by atoms with E-state index in [-0.39, 0.29) is 0 Å². The van der Waals surface area contributed by atoms with Crippen LogP contribution in [-0.2, 0) is 0 Å². The monoisotopic (exact) mass is 143 g/mol. The molecule has 0 aromatic heterocycles. The first-order chi connectivity index (χ1) is 4.91. The summed E-state index contributed by atoms with van der Waals surface area (Å²) in [5.41, 5.74) is 0.833. The van der Waals surface area contributed by atoms with Crippen LogP contribution in [0.3, 0.4) is 0 Å². The second kappa shape index (κ2) is 8.66. The Morgan fingerprint density at radius 3 is 2.70 bits per heavy atom. The van der Waals surface area contributed by atoms with Gasteiger partial charge < -0.3 is 10.7 Å². The zero-order chi connectivity index (χ0) is 7.66. The molecular weight excluding hydrogens is 126 g/mol. The van der Waals surface area contributed by atoms with Gasteiger partial charge in [-0.3, -0.25) is 0 Å². The lowest BCUT2D eigenvalue weighted by molar-refractivity contribution is -0.514. The zero-order valence-electron chi connectivity index (χ0n) is 6.68. The molecule has 60 valence electrons.